The number of carbonyl (C=O) groups excluding carboxylic acids is 1. The first kappa shape index (κ1) is 14.4. The van der Waals surface area contributed by atoms with Crippen molar-refractivity contribution in [2.24, 2.45) is 0 Å². The van der Waals surface area contributed by atoms with E-state index in [1.807, 2.05) is 54.8 Å². The van der Waals surface area contributed by atoms with Crippen LogP contribution in [0.15, 0.2) is 53.4 Å². The maximum atomic E-state index is 11.9. The summed E-state index contributed by atoms with van der Waals surface area (Å²) in [7, 11) is 0. The summed E-state index contributed by atoms with van der Waals surface area (Å²) in [6.07, 6.45) is 1.99. The Kier molecular flexibility index (Phi) is 4.24. The van der Waals surface area contributed by atoms with Crippen molar-refractivity contribution in [3.8, 4) is 0 Å². The van der Waals surface area contributed by atoms with Crippen LogP contribution in [0.2, 0.25) is 0 Å². The third kappa shape index (κ3) is 3.20. The molecule has 1 N–H and O–H groups in total. The predicted molar refractivity (Wildman–Crippen MR) is 85.8 cm³/mol. The van der Waals surface area contributed by atoms with Crippen molar-refractivity contribution in [2.75, 3.05) is 18.2 Å². The third-order valence-electron chi connectivity index (χ3n) is 2.99. The predicted octanol–water partition coefficient (Wildman–Crippen LogP) is 2.22. The molecule has 0 aliphatic carbocycles. The summed E-state index contributed by atoms with van der Waals surface area (Å²) in [6, 6.07) is 15.0. The van der Waals surface area contributed by atoms with Crippen LogP contribution < -0.4 is 10.2 Å². The van der Waals surface area contributed by atoms with E-state index in [1.54, 1.807) is 11.8 Å². The molecule has 2 aromatic carbocycles. The maximum absolute atomic E-state index is 11.9. The molecule has 0 saturated heterocycles. The lowest BCUT2D eigenvalue weighted by atomic mass is 10.3. The van der Waals surface area contributed by atoms with E-state index in [1.165, 1.54) is 4.85 Å². The number of nitrogens with zero attached hydrogens (tertiary/aromatic N) is 3. The van der Waals surface area contributed by atoms with E-state index in [4.69, 9.17) is 4.84 Å². The van der Waals surface area contributed by atoms with Crippen LogP contribution in [0.4, 0.5) is 5.69 Å². The van der Waals surface area contributed by atoms with Crippen molar-refractivity contribution >= 4 is 34.4 Å². The molecule has 0 aliphatic heterocycles. The minimum Gasteiger partial charge on any atom is -0.385 e. The fraction of sp³-hybridized carbons (Fsp3) is 0.133. The van der Waals surface area contributed by atoms with Crippen molar-refractivity contribution in [2.45, 2.75) is 4.90 Å². The normalized spacial score (nSPS) is 10.6. The van der Waals surface area contributed by atoms with Crippen LogP contribution in [0, 0.1) is 0 Å². The molecule has 6 nitrogen and oxygen atoms in total. The van der Waals surface area contributed by atoms with Crippen LogP contribution in [-0.4, -0.2) is 33.9 Å². The summed E-state index contributed by atoms with van der Waals surface area (Å²) in [4.78, 5) is 19.7. The number of hydrogen-bond acceptors (Lipinski definition) is 5. The smallest absolute Gasteiger partial charge is 0.265 e. The van der Waals surface area contributed by atoms with Gasteiger partial charge in [-0.15, -0.1) is 16.9 Å². The zero-order valence-corrected chi connectivity index (χ0v) is 12.7. The van der Waals surface area contributed by atoms with Crippen molar-refractivity contribution < 1.29 is 9.63 Å². The van der Waals surface area contributed by atoms with Crippen LogP contribution in [0.25, 0.3) is 11.0 Å². The Morgan fingerprint density at radius 3 is 3.00 bits per heavy atom. The highest BCUT2D eigenvalue weighted by Gasteiger charge is 2.08. The summed E-state index contributed by atoms with van der Waals surface area (Å²) >= 11 is 1.62. The molecule has 0 bridgehead atoms. The molecule has 0 aliphatic rings. The van der Waals surface area contributed by atoms with Gasteiger partial charge >= 0.3 is 0 Å². The Balaban J connectivity index is 1.62. The van der Waals surface area contributed by atoms with Crippen molar-refractivity contribution in [3.63, 3.8) is 0 Å². The first-order valence-electron chi connectivity index (χ1n) is 6.64. The average molecular weight is 314 g/mol. The summed E-state index contributed by atoms with van der Waals surface area (Å²) in [6.45, 7) is -0.142. The Morgan fingerprint density at radius 1 is 1.27 bits per heavy atom. The van der Waals surface area contributed by atoms with E-state index in [2.05, 4.69) is 15.6 Å². The number of nitrogens with one attached hydrogen (secondary N) is 1. The molecule has 22 heavy (non-hydrogen) atoms. The zero-order valence-electron chi connectivity index (χ0n) is 11.9. The highest BCUT2D eigenvalue weighted by Crippen LogP contribution is 2.18. The molecule has 1 amide bonds. The van der Waals surface area contributed by atoms with Crippen LogP contribution >= 0.6 is 11.8 Å². The van der Waals surface area contributed by atoms with E-state index in [9.17, 15) is 4.79 Å². The van der Waals surface area contributed by atoms with Gasteiger partial charge in [0.15, 0.2) is 6.61 Å². The van der Waals surface area contributed by atoms with Gasteiger partial charge in [-0.05, 0) is 41.8 Å². The lowest BCUT2D eigenvalue weighted by Crippen LogP contribution is -2.26. The number of aromatic nitrogens is 3. The number of hydrogen-bond donors (Lipinski definition) is 1. The van der Waals surface area contributed by atoms with Crippen LogP contribution in [0.5, 0.6) is 0 Å². The molecule has 1 aromatic heterocycles. The number of benzene rings is 2. The number of para-hydroxylation sites is 1. The number of rotatable bonds is 5. The lowest BCUT2D eigenvalue weighted by Gasteiger charge is -2.07. The van der Waals surface area contributed by atoms with Gasteiger partial charge < -0.3 is 10.2 Å². The Labute approximate surface area is 131 Å². The van der Waals surface area contributed by atoms with E-state index in [-0.39, 0.29) is 12.5 Å². The molecule has 112 valence electrons. The van der Waals surface area contributed by atoms with Crippen LogP contribution in [0.1, 0.15) is 0 Å². The van der Waals surface area contributed by atoms with E-state index in [0.29, 0.717) is 0 Å². The third-order valence-corrected chi connectivity index (χ3v) is 3.72. The summed E-state index contributed by atoms with van der Waals surface area (Å²) in [5.41, 5.74) is 2.18. The molecular weight excluding hydrogens is 300 g/mol. The van der Waals surface area contributed by atoms with Crippen LogP contribution in [0.3, 0.4) is 0 Å². The van der Waals surface area contributed by atoms with Gasteiger partial charge in [-0.25, -0.2) is 0 Å². The van der Waals surface area contributed by atoms with Gasteiger partial charge in [0.25, 0.3) is 5.91 Å². The number of amides is 1. The van der Waals surface area contributed by atoms with E-state index in [0.717, 1.165) is 21.6 Å². The molecule has 7 heteroatoms. The highest BCUT2D eigenvalue weighted by atomic mass is 32.2. The molecule has 0 atom stereocenters. The van der Waals surface area contributed by atoms with Gasteiger partial charge in [0.2, 0.25) is 0 Å². The molecule has 0 radical (unpaired) electrons. The molecule has 3 aromatic rings. The van der Waals surface area contributed by atoms with Gasteiger partial charge in [-0.2, -0.15) is 0 Å². The quantitative estimate of drug-likeness (QED) is 0.731. The highest BCUT2D eigenvalue weighted by molar-refractivity contribution is 7.98. The fourth-order valence-corrected chi connectivity index (χ4v) is 2.42. The van der Waals surface area contributed by atoms with Gasteiger partial charge in [0, 0.05) is 10.6 Å². The van der Waals surface area contributed by atoms with E-state index < -0.39 is 0 Å². The Hall–Kier alpha value is -2.54. The second-order valence-electron chi connectivity index (χ2n) is 4.50. The van der Waals surface area contributed by atoms with Gasteiger partial charge in [0.1, 0.15) is 11.0 Å². The second-order valence-corrected chi connectivity index (χ2v) is 5.38. The topological polar surface area (TPSA) is 69.0 Å². The minimum absolute atomic E-state index is 0.142. The van der Waals surface area contributed by atoms with Gasteiger partial charge in [0.05, 0.1) is 0 Å². The fourth-order valence-electron chi connectivity index (χ4n) is 1.96. The summed E-state index contributed by atoms with van der Waals surface area (Å²) in [5, 5.41) is 10.6. The SMILES string of the molecule is CSc1cccc(NC(=O)COn2nnc3ccccc32)c1. The van der Waals surface area contributed by atoms with Crippen molar-refractivity contribution in [3.05, 3.63) is 48.5 Å². The Bertz CT molecular complexity index is 803. The number of carbonyl (C=O) groups is 1. The molecule has 3 rings (SSSR count). The molecule has 0 saturated carbocycles. The monoisotopic (exact) mass is 314 g/mol. The average Bonchev–Trinajstić information content (AvgIpc) is 2.96. The molecular formula is C15H14N4O2S. The Morgan fingerprint density at radius 2 is 2.14 bits per heavy atom. The first-order chi connectivity index (χ1) is 10.8. The number of thioether (sulfide) groups is 1. The molecule has 0 fully saturated rings. The summed E-state index contributed by atoms with van der Waals surface area (Å²) in [5.74, 6) is -0.252. The van der Waals surface area contributed by atoms with Crippen molar-refractivity contribution in [1.82, 2.24) is 15.2 Å². The van der Waals surface area contributed by atoms with Gasteiger partial charge in [-0.1, -0.05) is 23.0 Å². The molecule has 0 unspecified atom stereocenters. The number of anilines is 1. The summed E-state index contributed by atoms with van der Waals surface area (Å²) < 4.78 is 0. The second kappa shape index (κ2) is 6.48. The largest absolute Gasteiger partial charge is 0.385 e. The molecule has 0 spiro atoms. The van der Waals surface area contributed by atoms with Gasteiger partial charge in [-0.3, -0.25) is 4.79 Å². The maximum Gasteiger partial charge on any atom is 0.265 e. The first-order valence-corrected chi connectivity index (χ1v) is 7.86. The van der Waals surface area contributed by atoms with E-state index >= 15 is 0 Å². The number of fused-ring (bicyclic) bond motifs is 1. The standard InChI is InChI=1S/C15H14N4O2S/c1-22-12-6-4-5-11(9-12)16-15(20)10-21-19-14-8-3-2-7-13(14)17-18-19/h2-9H,10H2,1H3,(H,16,20). The lowest BCUT2D eigenvalue weighted by molar-refractivity contribution is -0.121. The zero-order chi connectivity index (χ0) is 15.4. The van der Waals surface area contributed by atoms with Crippen LogP contribution in [-0.2, 0) is 4.79 Å². The molecule has 1 heterocycles. The van der Waals surface area contributed by atoms with Crippen molar-refractivity contribution in [1.29, 1.82) is 0 Å². The minimum atomic E-state index is -0.252.